The van der Waals surface area contributed by atoms with Crippen LogP contribution in [-0.2, 0) is 5.41 Å². The zero-order valence-electron chi connectivity index (χ0n) is 17.6. The summed E-state index contributed by atoms with van der Waals surface area (Å²) >= 11 is 0. The second-order valence-electron chi connectivity index (χ2n) is 8.47. The minimum absolute atomic E-state index is 0.155. The SMILES string of the molecule is Cc1cnn2c(NCC(C)(C)c3c[nH]c4ccccc34)cc(-c3cncc(F)c3)nc12. The van der Waals surface area contributed by atoms with E-state index in [4.69, 9.17) is 4.98 Å². The maximum Gasteiger partial charge on any atom is 0.160 e. The minimum atomic E-state index is -0.389. The van der Waals surface area contributed by atoms with Crippen molar-refractivity contribution in [3.05, 3.63) is 78.1 Å². The number of aryl methyl sites for hydroxylation is 1. The number of fused-ring (bicyclic) bond motifs is 2. The standard InChI is InChI=1S/C24H23FN6/c1-15-10-29-31-22(9-21(30-23(15)31)16-8-17(25)12-26-11-16)28-14-24(2,3)19-13-27-20-7-5-4-6-18(19)20/h4-13,27-28H,14H2,1-3H3. The van der Waals surface area contributed by atoms with Gasteiger partial charge < -0.3 is 10.3 Å². The van der Waals surface area contributed by atoms with Crippen LogP contribution in [0.3, 0.4) is 0 Å². The molecule has 5 rings (SSSR count). The zero-order valence-corrected chi connectivity index (χ0v) is 17.6. The van der Waals surface area contributed by atoms with Crippen LogP contribution >= 0.6 is 0 Å². The highest BCUT2D eigenvalue weighted by atomic mass is 19.1. The number of pyridine rings is 1. The highest BCUT2D eigenvalue weighted by Crippen LogP contribution is 2.31. The molecule has 5 aromatic rings. The normalized spacial score (nSPS) is 12.0. The second kappa shape index (κ2) is 7.19. The van der Waals surface area contributed by atoms with Crippen LogP contribution in [-0.4, -0.2) is 31.1 Å². The summed E-state index contributed by atoms with van der Waals surface area (Å²) in [5, 5.41) is 9.25. The molecule has 0 radical (unpaired) electrons. The molecule has 31 heavy (non-hydrogen) atoms. The van der Waals surface area contributed by atoms with Gasteiger partial charge in [-0.25, -0.2) is 9.37 Å². The molecule has 2 N–H and O–H groups in total. The topological polar surface area (TPSA) is 70.9 Å². The fourth-order valence-electron chi connectivity index (χ4n) is 3.94. The lowest BCUT2D eigenvalue weighted by Crippen LogP contribution is -2.28. The Labute approximate surface area is 179 Å². The fourth-order valence-corrected chi connectivity index (χ4v) is 3.94. The molecule has 4 heterocycles. The lowest BCUT2D eigenvalue weighted by Gasteiger charge is -2.26. The van der Waals surface area contributed by atoms with E-state index in [1.807, 2.05) is 19.1 Å². The average Bonchev–Trinajstić information content (AvgIpc) is 3.36. The molecular formula is C24H23FN6. The van der Waals surface area contributed by atoms with Gasteiger partial charge in [-0.2, -0.15) is 9.61 Å². The van der Waals surface area contributed by atoms with Crippen LogP contribution < -0.4 is 5.32 Å². The molecule has 0 aliphatic rings. The monoisotopic (exact) mass is 414 g/mol. The second-order valence-corrected chi connectivity index (χ2v) is 8.47. The van der Waals surface area contributed by atoms with Crippen molar-refractivity contribution in [1.29, 1.82) is 0 Å². The first-order valence-corrected chi connectivity index (χ1v) is 10.2. The maximum absolute atomic E-state index is 13.7. The van der Waals surface area contributed by atoms with Gasteiger partial charge in [0.25, 0.3) is 0 Å². The molecule has 0 amide bonds. The van der Waals surface area contributed by atoms with Gasteiger partial charge in [0.15, 0.2) is 5.65 Å². The van der Waals surface area contributed by atoms with Crippen LogP contribution in [0, 0.1) is 12.7 Å². The number of aromatic nitrogens is 5. The van der Waals surface area contributed by atoms with Crippen LogP contribution in [0.1, 0.15) is 25.0 Å². The number of benzene rings is 1. The van der Waals surface area contributed by atoms with Gasteiger partial charge in [-0.15, -0.1) is 0 Å². The Morgan fingerprint density at radius 1 is 1.13 bits per heavy atom. The van der Waals surface area contributed by atoms with E-state index in [0.717, 1.165) is 22.5 Å². The summed E-state index contributed by atoms with van der Waals surface area (Å²) in [6.07, 6.45) is 6.67. The molecule has 4 aromatic heterocycles. The molecule has 0 unspecified atom stereocenters. The number of nitrogens with zero attached hydrogens (tertiary/aromatic N) is 4. The van der Waals surface area contributed by atoms with E-state index in [-0.39, 0.29) is 11.2 Å². The molecule has 7 heteroatoms. The van der Waals surface area contributed by atoms with Crippen LogP contribution in [0.15, 0.2) is 61.2 Å². The molecule has 156 valence electrons. The van der Waals surface area contributed by atoms with Crippen LogP contribution in [0.25, 0.3) is 27.8 Å². The highest BCUT2D eigenvalue weighted by molar-refractivity contribution is 5.84. The van der Waals surface area contributed by atoms with Crippen molar-refractivity contribution in [2.75, 3.05) is 11.9 Å². The van der Waals surface area contributed by atoms with Gasteiger partial charge >= 0.3 is 0 Å². The Bertz CT molecular complexity index is 1400. The zero-order chi connectivity index (χ0) is 21.6. The van der Waals surface area contributed by atoms with Crippen molar-refractivity contribution in [2.24, 2.45) is 0 Å². The van der Waals surface area contributed by atoms with E-state index < -0.39 is 0 Å². The quantitative estimate of drug-likeness (QED) is 0.419. The Morgan fingerprint density at radius 3 is 2.81 bits per heavy atom. The summed E-state index contributed by atoms with van der Waals surface area (Å²) < 4.78 is 15.5. The van der Waals surface area contributed by atoms with Gasteiger partial charge in [-0.1, -0.05) is 32.0 Å². The van der Waals surface area contributed by atoms with Crippen LogP contribution in [0.2, 0.25) is 0 Å². The third kappa shape index (κ3) is 3.42. The van der Waals surface area contributed by atoms with E-state index in [9.17, 15) is 4.39 Å². The maximum atomic E-state index is 13.7. The van der Waals surface area contributed by atoms with Gasteiger partial charge in [0.05, 0.1) is 18.1 Å². The Hall–Kier alpha value is -3.74. The molecular weight excluding hydrogens is 391 g/mol. The smallest absolute Gasteiger partial charge is 0.160 e. The number of rotatable bonds is 5. The van der Waals surface area contributed by atoms with Gasteiger partial charge in [-0.3, -0.25) is 4.98 Å². The summed E-state index contributed by atoms with van der Waals surface area (Å²) in [6, 6.07) is 11.6. The largest absolute Gasteiger partial charge is 0.369 e. The highest BCUT2D eigenvalue weighted by Gasteiger charge is 2.24. The number of hydrogen-bond donors (Lipinski definition) is 2. The number of halogens is 1. The van der Waals surface area contributed by atoms with E-state index in [1.165, 1.54) is 23.2 Å². The van der Waals surface area contributed by atoms with E-state index in [1.54, 1.807) is 16.9 Å². The number of para-hydroxylation sites is 1. The van der Waals surface area contributed by atoms with Crippen LogP contribution in [0.4, 0.5) is 10.2 Å². The van der Waals surface area contributed by atoms with E-state index >= 15 is 0 Å². The molecule has 1 aromatic carbocycles. The number of H-pyrrole nitrogens is 1. The van der Waals surface area contributed by atoms with Crippen LogP contribution in [0.5, 0.6) is 0 Å². The Balaban J connectivity index is 1.52. The fraction of sp³-hybridized carbons (Fsp3) is 0.208. The summed E-state index contributed by atoms with van der Waals surface area (Å²) in [5.74, 6) is 0.407. The van der Waals surface area contributed by atoms with E-state index in [0.29, 0.717) is 17.8 Å². The summed E-state index contributed by atoms with van der Waals surface area (Å²) in [5.41, 5.74) is 5.17. The molecule has 0 atom stereocenters. The first-order valence-electron chi connectivity index (χ1n) is 10.2. The predicted molar refractivity (Wildman–Crippen MR) is 121 cm³/mol. The molecule has 0 spiro atoms. The lowest BCUT2D eigenvalue weighted by atomic mass is 9.84. The van der Waals surface area contributed by atoms with Crippen molar-refractivity contribution in [3.63, 3.8) is 0 Å². The minimum Gasteiger partial charge on any atom is -0.369 e. The number of nitrogens with one attached hydrogen (secondary N) is 2. The summed E-state index contributed by atoms with van der Waals surface area (Å²) in [4.78, 5) is 12.0. The third-order valence-corrected chi connectivity index (χ3v) is 5.68. The summed E-state index contributed by atoms with van der Waals surface area (Å²) in [6.45, 7) is 7.05. The van der Waals surface area contributed by atoms with Gasteiger partial charge in [0, 0.05) is 52.4 Å². The van der Waals surface area contributed by atoms with Crippen molar-refractivity contribution in [1.82, 2.24) is 24.6 Å². The van der Waals surface area contributed by atoms with Crippen molar-refractivity contribution in [2.45, 2.75) is 26.2 Å². The molecule has 0 saturated carbocycles. The number of hydrogen-bond acceptors (Lipinski definition) is 4. The average molecular weight is 414 g/mol. The molecule has 0 saturated heterocycles. The van der Waals surface area contributed by atoms with E-state index in [2.05, 4.69) is 58.6 Å². The molecule has 0 aliphatic carbocycles. The first kappa shape index (κ1) is 19.2. The Morgan fingerprint density at radius 2 is 1.97 bits per heavy atom. The summed E-state index contributed by atoms with van der Waals surface area (Å²) in [7, 11) is 0. The molecule has 0 fully saturated rings. The van der Waals surface area contributed by atoms with Gasteiger partial charge in [0.1, 0.15) is 11.6 Å². The molecule has 0 bridgehead atoms. The van der Waals surface area contributed by atoms with Crippen molar-refractivity contribution < 1.29 is 4.39 Å². The first-order chi connectivity index (χ1) is 14.9. The molecule has 0 aliphatic heterocycles. The van der Waals surface area contributed by atoms with Crippen molar-refractivity contribution >= 4 is 22.4 Å². The molecule has 6 nitrogen and oxygen atoms in total. The van der Waals surface area contributed by atoms with Gasteiger partial charge in [0.2, 0.25) is 0 Å². The predicted octanol–water partition coefficient (Wildman–Crippen LogP) is 5.11. The van der Waals surface area contributed by atoms with Crippen molar-refractivity contribution in [3.8, 4) is 11.3 Å². The lowest BCUT2D eigenvalue weighted by molar-refractivity contribution is 0.560. The van der Waals surface area contributed by atoms with Gasteiger partial charge in [-0.05, 0) is 24.6 Å². The Kier molecular flexibility index (Phi) is 4.46. The third-order valence-electron chi connectivity index (χ3n) is 5.68. The number of anilines is 1. The number of aromatic amines is 1.